The second-order valence-electron chi connectivity index (χ2n) is 5.53. The molecule has 0 bridgehead atoms. The Morgan fingerprint density at radius 1 is 1.07 bits per heavy atom. The summed E-state index contributed by atoms with van der Waals surface area (Å²) in [5.41, 5.74) is 1.09. The number of hydrogen-bond acceptors (Lipinski definition) is 3. The minimum atomic E-state index is -4.49. The van der Waals surface area contributed by atoms with E-state index in [4.69, 9.17) is 9.47 Å². The highest BCUT2D eigenvalue weighted by Gasteiger charge is 2.29. The van der Waals surface area contributed by atoms with Crippen molar-refractivity contribution in [3.8, 4) is 11.5 Å². The molecule has 0 atom stereocenters. The van der Waals surface area contributed by atoms with Gasteiger partial charge in [-0.15, -0.1) is 0 Å². The van der Waals surface area contributed by atoms with E-state index >= 15 is 0 Å². The molecule has 146 valence electrons. The van der Waals surface area contributed by atoms with Crippen LogP contribution in [0.25, 0.3) is 0 Å². The third-order valence-electron chi connectivity index (χ3n) is 3.43. The molecule has 27 heavy (non-hydrogen) atoms. The average Bonchev–Trinajstić information content (AvgIpc) is 2.61. The van der Waals surface area contributed by atoms with Gasteiger partial charge in [0, 0.05) is 18.3 Å². The second kappa shape index (κ2) is 9.11. The number of hydrogen-bond donors (Lipinski definition) is 2. The monoisotopic (exact) mass is 386 g/mol. The highest BCUT2D eigenvalue weighted by Crippen LogP contribution is 2.31. The minimum Gasteiger partial charge on any atom is -0.493 e. The molecule has 0 spiro atoms. The summed E-state index contributed by atoms with van der Waals surface area (Å²) in [5, 5.41) is 5.10. The zero-order valence-corrected chi connectivity index (χ0v) is 14.4. The number of nitrogens with one attached hydrogen (secondary N) is 2. The van der Waals surface area contributed by atoms with Crippen molar-refractivity contribution < 1.29 is 31.8 Å². The smallest absolute Gasteiger partial charge is 0.422 e. The zero-order chi connectivity index (χ0) is 19.9. The average molecular weight is 386 g/mol. The van der Waals surface area contributed by atoms with Crippen molar-refractivity contribution in [2.75, 3.05) is 25.6 Å². The van der Waals surface area contributed by atoms with Crippen LogP contribution in [0.5, 0.6) is 11.5 Å². The first kappa shape index (κ1) is 20.3. The molecule has 2 aromatic rings. The van der Waals surface area contributed by atoms with E-state index < -0.39 is 18.8 Å². The fourth-order valence-corrected chi connectivity index (χ4v) is 2.17. The Morgan fingerprint density at radius 3 is 2.41 bits per heavy atom. The van der Waals surface area contributed by atoms with Gasteiger partial charge in [-0.2, -0.15) is 13.2 Å². The van der Waals surface area contributed by atoms with Crippen molar-refractivity contribution in [2.45, 2.75) is 12.6 Å². The van der Waals surface area contributed by atoms with Crippen molar-refractivity contribution in [1.82, 2.24) is 5.32 Å². The molecule has 5 nitrogen and oxygen atoms in total. The van der Waals surface area contributed by atoms with E-state index in [1.54, 1.807) is 12.1 Å². The molecule has 0 saturated carbocycles. The van der Waals surface area contributed by atoms with Crippen molar-refractivity contribution >= 4 is 11.7 Å². The fourth-order valence-electron chi connectivity index (χ4n) is 2.17. The summed E-state index contributed by atoms with van der Waals surface area (Å²) in [6.07, 6.45) is -4.00. The molecule has 0 heterocycles. The maximum absolute atomic E-state index is 12.8. The van der Waals surface area contributed by atoms with Gasteiger partial charge in [0.1, 0.15) is 5.82 Å². The molecule has 0 fully saturated rings. The molecule has 0 aliphatic carbocycles. The number of alkyl halides is 3. The van der Waals surface area contributed by atoms with Crippen LogP contribution in [0, 0.1) is 5.82 Å². The molecule has 2 amide bonds. The lowest BCUT2D eigenvalue weighted by molar-refractivity contribution is -0.153. The van der Waals surface area contributed by atoms with Gasteiger partial charge in [-0.3, -0.25) is 0 Å². The Labute approximate surface area is 153 Å². The summed E-state index contributed by atoms with van der Waals surface area (Å²) in [6.45, 7) is -1.18. The number of halogens is 4. The van der Waals surface area contributed by atoms with Crippen LogP contribution in [0.3, 0.4) is 0 Å². The van der Waals surface area contributed by atoms with Gasteiger partial charge in [-0.05, 0) is 36.2 Å². The Bertz CT molecular complexity index is 764. The standard InChI is InChI=1S/C18H18F4N2O3/c1-26-15-7-6-14(10-16(15)27-11-18(20,21)22)24-17(25)23-9-8-12-2-4-13(19)5-3-12/h2-7,10H,8-9,11H2,1H3,(H2,23,24,25). The molecule has 2 N–H and O–H groups in total. The van der Waals surface area contributed by atoms with Crippen molar-refractivity contribution in [1.29, 1.82) is 0 Å². The first-order chi connectivity index (χ1) is 12.8. The predicted molar refractivity (Wildman–Crippen MR) is 91.7 cm³/mol. The lowest BCUT2D eigenvalue weighted by atomic mass is 10.1. The summed E-state index contributed by atoms with van der Waals surface area (Å²) >= 11 is 0. The SMILES string of the molecule is COc1ccc(NC(=O)NCCc2ccc(F)cc2)cc1OCC(F)(F)F. The van der Waals surface area contributed by atoms with Crippen LogP contribution in [-0.2, 0) is 6.42 Å². The van der Waals surface area contributed by atoms with E-state index in [0.717, 1.165) is 5.56 Å². The fraction of sp³-hybridized carbons (Fsp3) is 0.278. The number of benzene rings is 2. The van der Waals surface area contributed by atoms with Crippen LogP contribution in [0.15, 0.2) is 42.5 Å². The van der Waals surface area contributed by atoms with Crippen LogP contribution >= 0.6 is 0 Å². The topological polar surface area (TPSA) is 59.6 Å². The summed E-state index contributed by atoms with van der Waals surface area (Å²) < 4.78 is 59.4. The second-order valence-corrected chi connectivity index (χ2v) is 5.53. The first-order valence-corrected chi connectivity index (χ1v) is 7.94. The zero-order valence-electron chi connectivity index (χ0n) is 14.4. The lowest BCUT2D eigenvalue weighted by Crippen LogP contribution is -2.30. The van der Waals surface area contributed by atoms with Crippen molar-refractivity contribution in [3.05, 3.63) is 53.8 Å². The van der Waals surface area contributed by atoms with E-state index in [-0.39, 0.29) is 23.0 Å². The van der Waals surface area contributed by atoms with Gasteiger partial charge in [-0.1, -0.05) is 12.1 Å². The van der Waals surface area contributed by atoms with E-state index in [1.807, 2.05) is 0 Å². The maximum atomic E-state index is 12.8. The van der Waals surface area contributed by atoms with E-state index in [9.17, 15) is 22.4 Å². The molecule has 9 heteroatoms. The number of rotatable bonds is 7. The highest BCUT2D eigenvalue weighted by molar-refractivity contribution is 5.89. The normalized spacial score (nSPS) is 11.0. The van der Waals surface area contributed by atoms with Crippen molar-refractivity contribution in [3.63, 3.8) is 0 Å². The largest absolute Gasteiger partial charge is 0.493 e. The quantitative estimate of drug-likeness (QED) is 0.704. The van der Waals surface area contributed by atoms with Gasteiger partial charge in [0.05, 0.1) is 7.11 Å². The lowest BCUT2D eigenvalue weighted by Gasteiger charge is -2.14. The van der Waals surface area contributed by atoms with E-state index in [1.165, 1.54) is 37.4 Å². The Morgan fingerprint density at radius 2 is 1.78 bits per heavy atom. The summed E-state index contributed by atoms with van der Waals surface area (Å²) in [4.78, 5) is 11.9. The Hall–Kier alpha value is -2.97. The number of carbonyl (C=O) groups excluding carboxylic acids is 1. The van der Waals surface area contributed by atoms with Crippen LogP contribution in [0.4, 0.5) is 28.0 Å². The van der Waals surface area contributed by atoms with Crippen LogP contribution < -0.4 is 20.1 Å². The first-order valence-electron chi connectivity index (χ1n) is 7.94. The van der Waals surface area contributed by atoms with Gasteiger partial charge >= 0.3 is 12.2 Å². The number of amides is 2. The molecule has 2 aromatic carbocycles. The van der Waals surface area contributed by atoms with E-state index in [0.29, 0.717) is 13.0 Å². The molecule has 0 saturated heterocycles. The third kappa shape index (κ3) is 7.04. The molecule has 0 radical (unpaired) electrons. The number of anilines is 1. The predicted octanol–water partition coefficient (Wildman–Crippen LogP) is 4.14. The molecular formula is C18H18F4N2O3. The van der Waals surface area contributed by atoms with Gasteiger partial charge in [0.2, 0.25) is 0 Å². The molecule has 0 aliphatic rings. The Balaban J connectivity index is 1.89. The van der Waals surface area contributed by atoms with Gasteiger partial charge in [0.15, 0.2) is 18.1 Å². The van der Waals surface area contributed by atoms with Crippen LogP contribution in [0.2, 0.25) is 0 Å². The van der Waals surface area contributed by atoms with Crippen LogP contribution in [0.1, 0.15) is 5.56 Å². The minimum absolute atomic E-state index is 0.113. The number of ether oxygens (including phenoxy) is 2. The third-order valence-corrected chi connectivity index (χ3v) is 3.43. The summed E-state index contributed by atoms with van der Waals surface area (Å²) in [5.74, 6) is -0.368. The summed E-state index contributed by atoms with van der Waals surface area (Å²) in [6, 6.07) is 9.45. The molecule has 2 rings (SSSR count). The number of urea groups is 1. The maximum Gasteiger partial charge on any atom is 0.422 e. The molecular weight excluding hydrogens is 368 g/mol. The summed E-state index contributed by atoms with van der Waals surface area (Å²) in [7, 11) is 1.30. The van der Waals surface area contributed by atoms with Crippen molar-refractivity contribution in [2.24, 2.45) is 0 Å². The number of carbonyl (C=O) groups is 1. The van der Waals surface area contributed by atoms with Gasteiger partial charge in [-0.25, -0.2) is 9.18 Å². The van der Waals surface area contributed by atoms with Gasteiger partial charge < -0.3 is 20.1 Å². The van der Waals surface area contributed by atoms with Crippen LogP contribution in [-0.4, -0.2) is 32.5 Å². The molecule has 0 aliphatic heterocycles. The van der Waals surface area contributed by atoms with Gasteiger partial charge in [0.25, 0.3) is 0 Å². The highest BCUT2D eigenvalue weighted by atomic mass is 19.4. The number of methoxy groups -OCH3 is 1. The molecule has 0 aromatic heterocycles. The molecule has 0 unspecified atom stereocenters. The Kier molecular flexibility index (Phi) is 6.86. The van der Waals surface area contributed by atoms with E-state index in [2.05, 4.69) is 10.6 Å².